The van der Waals surface area contributed by atoms with Gasteiger partial charge in [-0.1, -0.05) is 36.4 Å². The molecule has 0 aromatic heterocycles. The van der Waals surface area contributed by atoms with Crippen molar-refractivity contribution in [3.8, 4) is 0 Å². The minimum atomic E-state index is -3.89. The van der Waals surface area contributed by atoms with Gasteiger partial charge in [0.25, 0.3) is 0 Å². The van der Waals surface area contributed by atoms with E-state index in [1.54, 1.807) is 24.0 Å². The van der Waals surface area contributed by atoms with Crippen molar-refractivity contribution in [2.75, 3.05) is 50.5 Å². The molecule has 0 N–H and O–H groups in total. The van der Waals surface area contributed by atoms with Crippen LogP contribution in [0.4, 0.5) is 19.3 Å². The number of hydrogen-bond acceptors (Lipinski definition) is 6. The first-order valence-electron chi connectivity index (χ1n) is 14.0. The van der Waals surface area contributed by atoms with Gasteiger partial charge in [-0.2, -0.15) is 0 Å². The summed E-state index contributed by atoms with van der Waals surface area (Å²) >= 11 is 6.20. The number of sulfone groups is 1. The number of carbonyl (C=O) groups excluding carboxylic acids is 1. The van der Waals surface area contributed by atoms with Gasteiger partial charge < -0.3 is 19.4 Å². The van der Waals surface area contributed by atoms with Crippen molar-refractivity contribution in [2.45, 2.75) is 24.6 Å². The molecule has 3 aromatic carbocycles. The Labute approximate surface area is 256 Å². The summed E-state index contributed by atoms with van der Waals surface area (Å²) in [6, 6.07) is 15.8. The smallest absolute Gasteiger partial charge is 0.409 e. The lowest BCUT2D eigenvalue weighted by Gasteiger charge is -2.55. The van der Waals surface area contributed by atoms with E-state index in [-0.39, 0.29) is 23.9 Å². The first-order valence-corrected chi connectivity index (χ1v) is 16.3. The number of carbonyl (C=O) groups is 1. The van der Waals surface area contributed by atoms with Gasteiger partial charge in [-0.15, -0.1) is 0 Å². The highest BCUT2D eigenvalue weighted by atomic mass is 35.5. The lowest BCUT2D eigenvalue weighted by molar-refractivity contribution is 0.105. The molecule has 2 aliphatic heterocycles. The number of piperazine rings is 1. The van der Waals surface area contributed by atoms with E-state index in [1.807, 2.05) is 36.1 Å². The second-order valence-corrected chi connectivity index (χ2v) is 13.7. The molecule has 2 aliphatic rings. The average molecular weight is 630 g/mol. The van der Waals surface area contributed by atoms with Gasteiger partial charge in [-0.05, 0) is 72.5 Å². The molecule has 1 unspecified atom stereocenters. The Morgan fingerprint density at radius 2 is 1.65 bits per heavy atom. The number of hydrogen-bond donors (Lipinski definition) is 0. The van der Waals surface area contributed by atoms with Gasteiger partial charge in [0, 0.05) is 61.5 Å². The zero-order valence-electron chi connectivity index (χ0n) is 24.3. The molecule has 7 nitrogen and oxygen atoms in total. The largest absolute Gasteiger partial charge is 0.450 e. The van der Waals surface area contributed by atoms with Gasteiger partial charge >= 0.3 is 6.09 Å². The number of amides is 1. The normalized spacial score (nSPS) is 19.7. The van der Waals surface area contributed by atoms with Crippen molar-refractivity contribution in [3.05, 3.63) is 112 Å². The highest BCUT2D eigenvalue weighted by Gasteiger charge is 2.58. The summed E-state index contributed by atoms with van der Waals surface area (Å²) < 4.78 is 58.5. The zero-order chi connectivity index (χ0) is 31.1. The van der Waals surface area contributed by atoms with Crippen LogP contribution in [0.15, 0.2) is 72.9 Å². The first kappa shape index (κ1) is 30.8. The van der Waals surface area contributed by atoms with E-state index in [0.717, 1.165) is 46.8 Å². The molecule has 1 amide bonds. The van der Waals surface area contributed by atoms with Crippen molar-refractivity contribution in [1.82, 2.24) is 9.80 Å². The van der Waals surface area contributed by atoms with Crippen molar-refractivity contribution >= 4 is 33.2 Å². The molecular formula is C32H34ClF2N3O4S. The zero-order valence-corrected chi connectivity index (χ0v) is 25.9. The third kappa shape index (κ3) is 5.70. The molecule has 5 rings (SSSR count). The van der Waals surface area contributed by atoms with Gasteiger partial charge in [0.1, 0.15) is 11.6 Å². The van der Waals surface area contributed by atoms with E-state index in [2.05, 4.69) is 17.5 Å². The Balaban J connectivity index is 1.48. The van der Waals surface area contributed by atoms with Gasteiger partial charge in [-0.3, -0.25) is 0 Å². The molecule has 2 heterocycles. The van der Waals surface area contributed by atoms with Crippen LogP contribution in [0.1, 0.15) is 35.2 Å². The standard InChI is InChI=1S/C32H34ClF2N3O4S/c1-5-42-31(39)37-14-12-36(13-15-37)28-10-11-29(21(2)16-28)30(23-6-8-25(33)9-7-23)38-20-32(22(38)3,43(4,40)41)24-17-26(34)19-27(35)18-24/h6-11,16-19,30H,3,5,12-15,20H2,1-2,4H3/t30-,32?/m1/s1. The highest BCUT2D eigenvalue weighted by Crippen LogP contribution is 2.53. The summed E-state index contributed by atoms with van der Waals surface area (Å²) in [5, 5.41) is 0.555. The molecule has 0 spiro atoms. The van der Waals surface area contributed by atoms with Crippen molar-refractivity contribution in [2.24, 2.45) is 0 Å². The predicted molar refractivity (Wildman–Crippen MR) is 164 cm³/mol. The van der Waals surface area contributed by atoms with Crippen LogP contribution in [0.2, 0.25) is 5.02 Å². The third-order valence-electron chi connectivity index (χ3n) is 8.38. The van der Waals surface area contributed by atoms with Crippen molar-refractivity contribution < 1.29 is 26.7 Å². The molecule has 228 valence electrons. The topological polar surface area (TPSA) is 70.2 Å². The van der Waals surface area contributed by atoms with E-state index in [1.165, 1.54) is 0 Å². The lowest BCUT2D eigenvalue weighted by Crippen LogP contribution is -2.61. The van der Waals surface area contributed by atoms with E-state index >= 15 is 0 Å². The van der Waals surface area contributed by atoms with E-state index < -0.39 is 32.3 Å². The monoisotopic (exact) mass is 629 g/mol. The summed E-state index contributed by atoms with van der Waals surface area (Å²) in [5.41, 5.74) is 3.99. The number of aryl methyl sites for hydroxylation is 1. The quantitative estimate of drug-likeness (QED) is 0.316. The number of rotatable bonds is 7. The molecule has 11 heteroatoms. The van der Waals surface area contributed by atoms with Gasteiger partial charge in [0.05, 0.1) is 12.6 Å². The molecule has 2 fully saturated rings. The van der Waals surface area contributed by atoms with Gasteiger partial charge in [0.15, 0.2) is 14.6 Å². The van der Waals surface area contributed by atoms with Crippen LogP contribution in [0.5, 0.6) is 0 Å². The molecule has 2 saturated heterocycles. The number of ether oxygens (including phenoxy) is 1. The van der Waals surface area contributed by atoms with Crippen LogP contribution in [0, 0.1) is 18.6 Å². The van der Waals surface area contributed by atoms with Gasteiger partial charge in [-0.25, -0.2) is 22.0 Å². The Bertz CT molecular complexity index is 1640. The molecule has 43 heavy (non-hydrogen) atoms. The van der Waals surface area contributed by atoms with E-state index in [9.17, 15) is 22.0 Å². The molecular weight excluding hydrogens is 596 g/mol. The fourth-order valence-corrected chi connectivity index (χ4v) is 7.69. The number of anilines is 1. The first-order chi connectivity index (χ1) is 20.4. The maximum atomic E-state index is 14.3. The van der Waals surface area contributed by atoms with Crippen LogP contribution in [0.25, 0.3) is 0 Å². The number of likely N-dealkylation sites (tertiary alicyclic amines) is 1. The van der Waals surface area contributed by atoms with Crippen molar-refractivity contribution in [3.63, 3.8) is 0 Å². The Morgan fingerprint density at radius 3 is 2.19 bits per heavy atom. The molecule has 0 saturated carbocycles. The fourth-order valence-electron chi connectivity index (χ4n) is 6.10. The van der Waals surface area contributed by atoms with E-state index in [4.69, 9.17) is 16.3 Å². The molecule has 0 bridgehead atoms. The fraction of sp³-hybridized carbons (Fsp3) is 0.344. The van der Waals surface area contributed by atoms with Crippen LogP contribution >= 0.6 is 11.6 Å². The summed E-state index contributed by atoms with van der Waals surface area (Å²) in [6.45, 7) is 10.6. The maximum absolute atomic E-state index is 14.3. The lowest BCUT2D eigenvalue weighted by atomic mass is 9.81. The predicted octanol–water partition coefficient (Wildman–Crippen LogP) is 6.06. The van der Waals surface area contributed by atoms with Crippen molar-refractivity contribution in [1.29, 1.82) is 0 Å². The Morgan fingerprint density at radius 1 is 1.02 bits per heavy atom. The molecule has 0 aliphatic carbocycles. The summed E-state index contributed by atoms with van der Waals surface area (Å²) in [5.74, 6) is -1.71. The van der Waals surface area contributed by atoms with E-state index in [0.29, 0.717) is 37.8 Å². The minimum absolute atomic E-state index is 0.0117. The molecule has 3 aromatic rings. The van der Waals surface area contributed by atoms with Crippen LogP contribution in [-0.4, -0.2) is 69.9 Å². The second-order valence-electron chi connectivity index (χ2n) is 11.0. The van der Waals surface area contributed by atoms with Gasteiger partial charge in [0.2, 0.25) is 0 Å². The Hall–Kier alpha value is -3.63. The van der Waals surface area contributed by atoms with Crippen LogP contribution in [0.3, 0.4) is 0 Å². The minimum Gasteiger partial charge on any atom is -0.450 e. The molecule has 2 atom stereocenters. The maximum Gasteiger partial charge on any atom is 0.409 e. The SMILES string of the molecule is C=C1N([C@H](c2ccc(Cl)cc2)c2ccc(N3CCN(C(=O)OCC)CC3)cc2C)CC1(c1cc(F)cc(F)c1)S(C)(=O)=O. The number of halogens is 3. The summed E-state index contributed by atoms with van der Waals surface area (Å²) in [6.07, 6.45) is 0.762. The third-order valence-corrected chi connectivity index (χ3v) is 10.5. The van der Waals surface area contributed by atoms with Crippen LogP contribution < -0.4 is 4.90 Å². The number of nitrogens with zero attached hydrogens (tertiary/aromatic N) is 3. The summed E-state index contributed by atoms with van der Waals surface area (Å²) in [4.78, 5) is 17.9. The highest BCUT2D eigenvalue weighted by molar-refractivity contribution is 7.92. The summed E-state index contributed by atoms with van der Waals surface area (Å²) in [7, 11) is -3.89. The van der Waals surface area contributed by atoms with Crippen LogP contribution in [-0.2, 0) is 19.3 Å². The average Bonchev–Trinajstić information content (AvgIpc) is 2.94. The number of benzene rings is 3. The second kappa shape index (κ2) is 11.8. The molecule has 0 radical (unpaired) electrons. The Kier molecular flexibility index (Phi) is 8.46.